The smallest absolute Gasteiger partial charge is 0.260 e. The zero-order chi connectivity index (χ0) is 23.5. The molecule has 6 nitrogen and oxygen atoms in total. The SMILES string of the molecule is COc1ccc(C)c2sc(N(CCCN3CCOCC3)C(=O)c3cccc4ccccc34)nc12. The van der Waals surface area contributed by atoms with E-state index in [1.54, 1.807) is 18.4 Å². The first-order chi connectivity index (χ1) is 16.7. The van der Waals surface area contributed by atoms with Crippen LogP contribution in [0.4, 0.5) is 5.13 Å². The number of fused-ring (bicyclic) bond motifs is 2. The number of amides is 1. The van der Waals surface area contributed by atoms with Crippen LogP contribution in [0, 0.1) is 6.92 Å². The lowest BCUT2D eigenvalue weighted by molar-refractivity contribution is 0.0376. The molecule has 1 amide bonds. The number of aromatic nitrogens is 1. The number of ether oxygens (including phenoxy) is 2. The number of morpholine rings is 1. The number of carbonyl (C=O) groups is 1. The number of thiazole rings is 1. The average molecular weight is 476 g/mol. The number of anilines is 1. The van der Waals surface area contributed by atoms with Crippen LogP contribution in [-0.2, 0) is 4.74 Å². The Kier molecular flexibility index (Phi) is 6.76. The maximum atomic E-state index is 14.0. The number of methoxy groups -OCH3 is 1. The third-order valence-corrected chi connectivity index (χ3v) is 7.58. The van der Waals surface area contributed by atoms with E-state index >= 15 is 0 Å². The molecule has 0 spiro atoms. The van der Waals surface area contributed by atoms with E-state index in [4.69, 9.17) is 14.5 Å². The minimum Gasteiger partial charge on any atom is -0.494 e. The van der Waals surface area contributed by atoms with Gasteiger partial charge in [0.05, 0.1) is 25.0 Å². The van der Waals surface area contributed by atoms with E-state index in [-0.39, 0.29) is 5.91 Å². The van der Waals surface area contributed by atoms with E-state index < -0.39 is 0 Å². The molecule has 0 bridgehead atoms. The van der Waals surface area contributed by atoms with Crippen molar-refractivity contribution in [3.63, 3.8) is 0 Å². The topological polar surface area (TPSA) is 54.9 Å². The molecule has 1 aliphatic heterocycles. The Morgan fingerprint density at radius 2 is 1.91 bits per heavy atom. The van der Waals surface area contributed by atoms with Crippen LogP contribution in [0.5, 0.6) is 5.75 Å². The van der Waals surface area contributed by atoms with Crippen LogP contribution in [0.15, 0.2) is 54.6 Å². The molecule has 5 rings (SSSR count). The highest BCUT2D eigenvalue weighted by Crippen LogP contribution is 2.37. The molecule has 1 saturated heterocycles. The van der Waals surface area contributed by atoms with Crippen molar-refractivity contribution in [3.05, 3.63) is 65.7 Å². The Morgan fingerprint density at radius 1 is 1.12 bits per heavy atom. The Bertz CT molecular complexity index is 1310. The predicted molar refractivity (Wildman–Crippen MR) is 138 cm³/mol. The summed E-state index contributed by atoms with van der Waals surface area (Å²) in [6, 6.07) is 17.9. The minimum absolute atomic E-state index is 0.0190. The van der Waals surface area contributed by atoms with Crippen LogP contribution in [0.1, 0.15) is 22.3 Å². The summed E-state index contributed by atoms with van der Waals surface area (Å²) < 4.78 is 12.1. The van der Waals surface area contributed by atoms with E-state index in [0.717, 1.165) is 71.6 Å². The predicted octanol–water partition coefficient (Wildman–Crippen LogP) is 5.14. The van der Waals surface area contributed by atoms with Crippen LogP contribution >= 0.6 is 11.3 Å². The van der Waals surface area contributed by atoms with Gasteiger partial charge in [0.25, 0.3) is 5.91 Å². The molecule has 0 saturated carbocycles. The summed E-state index contributed by atoms with van der Waals surface area (Å²) in [5.41, 5.74) is 2.64. The first kappa shape index (κ1) is 22.8. The highest BCUT2D eigenvalue weighted by molar-refractivity contribution is 7.22. The van der Waals surface area contributed by atoms with E-state index in [1.165, 1.54) is 0 Å². The number of hydrogen-bond acceptors (Lipinski definition) is 6. The van der Waals surface area contributed by atoms with Gasteiger partial charge in [0, 0.05) is 31.7 Å². The van der Waals surface area contributed by atoms with E-state index in [1.807, 2.05) is 59.5 Å². The Morgan fingerprint density at radius 3 is 2.74 bits per heavy atom. The number of rotatable bonds is 7. The molecule has 1 fully saturated rings. The second-order valence-corrected chi connectivity index (χ2v) is 9.53. The molecular formula is C27H29N3O3S. The minimum atomic E-state index is -0.0190. The number of carbonyl (C=O) groups excluding carboxylic acids is 1. The fraction of sp³-hybridized carbons (Fsp3) is 0.333. The summed E-state index contributed by atoms with van der Waals surface area (Å²) in [7, 11) is 1.66. The highest BCUT2D eigenvalue weighted by Gasteiger charge is 2.24. The van der Waals surface area contributed by atoms with Crippen LogP contribution in [0.2, 0.25) is 0 Å². The lowest BCUT2D eigenvalue weighted by Crippen LogP contribution is -2.39. The molecule has 0 radical (unpaired) electrons. The Balaban J connectivity index is 1.51. The number of benzene rings is 3. The zero-order valence-electron chi connectivity index (χ0n) is 19.6. The van der Waals surface area contributed by atoms with Gasteiger partial charge in [0.15, 0.2) is 5.13 Å². The van der Waals surface area contributed by atoms with Crippen LogP contribution in [0.25, 0.3) is 21.0 Å². The summed E-state index contributed by atoms with van der Waals surface area (Å²) in [5.74, 6) is 0.712. The molecule has 2 heterocycles. The Hall–Kier alpha value is -3.00. The second-order valence-electron chi connectivity index (χ2n) is 8.55. The quantitative estimate of drug-likeness (QED) is 0.371. The lowest BCUT2D eigenvalue weighted by atomic mass is 10.0. The van der Waals surface area contributed by atoms with Gasteiger partial charge in [-0.15, -0.1) is 0 Å². The molecule has 0 aliphatic carbocycles. The van der Waals surface area contributed by atoms with E-state index in [9.17, 15) is 4.79 Å². The summed E-state index contributed by atoms with van der Waals surface area (Å²) >= 11 is 1.56. The van der Waals surface area contributed by atoms with Gasteiger partial charge < -0.3 is 9.47 Å². The largest absolute Gasteiger partial charge is 0.494 e. The molecule has 34 heavy (non-hydrogen) atoms. The molecular weight excluding hydrogens is 446 g/mol. The number of nitrogens with zero attached hydrogens (tertiary/aromatic N) is 3. The van der Waals surface area contributed by atoms with E-state index in [0.29, 0.717) is 17.2 Å². The molecule has 4 aromatic rings. The van der Waals surface area contributed by atoms with Crippen LogP contribution < -0.4 is 9.64 Å². The molecule has 176 valence electrons. The normalized spacial score (nSPS) is 14.5. The van der Waals surface area contributed by atoms with Crippen molar-refractivity contribution in [2.75, 3.05) is 51.4 Å². The fourth-order valence-electron chi connectivity index (χ4n) is 4.50. The first-order valence-corrected chi connectivity index (χ1v) is 12.5. The summed E-state index contributed by atoms with van der Waals surface area (Å²) in [6.07, 6.45) is 0.864. The van der Waals surface area contributed by atoms with Gasteiger partial charge in [-0.25, -0.2) is 4.98 Å². The van der Waals surface area contributed by atoms with Crippen molar-refractivity contribution < 1.29 is 14.3 Å². The summed E-state index contributed by atoms with van der Waals surface area (Å²) in [4.78, 5) is 23.1. The highest BCUT2D eigenvalue weighted by atomic mass is 32.1. The van der Waals surface area contributed by atoms with Gasteiger partial charge in [-0.2, -0.15) is 0 Å². The third-order valence-electron chi connectivity index (χ3n) is 6.37. The number of hydrogen-bond donors (Lipinski definition) is 0. The molecule has 1 aliphatic rings. The summed E-state index contributed by atoms with van der Waals surface area (Å²) in [5, 5.41) is 2.73. The molecule has 1 aromatic heterocycles. The second kappa shape index (κ2) is 10.1. The van der Waals surface area contributed by atoms with Gasteiger partial charge in [-0.3, -0.25) is 14.6 Å². The van der Waals surface area contributed by atoms with Crippen molar-refractivity contribution >= 4 is 43.4 Å². The lowest BCUT2D eigenvalue weighted by Gasteiger charge is -2.28. The third kappa shape index (κ3) is 4.51. The van der Waals surface area contributed by atoms with Crippen molar-refractivity contribution in [1.82, 2.24) is 9.88 Å². The standard InChI is InChI=1S/C27H29N3O3S/c1-19-11-12-23(32-2)24-25(19)34-27(28-24)30(14-6-13-29-15-17-33-18-16-29)26(31)22-10-5-8-20-7-3-4-9-21(20)22/h3-5,7-12H,6,13-18H2,1-2H3. The Labute approximate surface area is 203 Å². The van der Waals surface area contributed by atoms with Gasteiger partial charge >= 0.3 is 0 Å². The average Bonchev–Trinajstić information content (AvgIpc) is 3.33. The van der Waals surface area contributed by atoms with Crippen molar-refractivity contribution in [2.24, 2.45) is 0 Å². The number of aryl methyl sites for hydroxylation is 1. The molecule has 7 heteroatoms. The van der Waals surface area contributed by atoms with Crippen LogP contribution in [-0.4, -0.2) is 62.3 Å². The van der Waals surface area contributed by atoms with Gasteiger partial charge in [-0.1, -0.05) is 53.8 Å². The molecule has 0 atom stereocenters. The van der Waals surface area contributed by atoms with Gasteiger partial charge in [0.1, 0.15) is 11.3 Å². The van der Waals surface area contributed by atoms with E-state index in [2.05, 4.69) is 11.8 Å². The van der Waals surface area contributed by atoms with Crippen molar-refractivity contribution in [1.29, 1.82) is 0 Å². The van der Waals surface area contributed by atoms with Crippen LogP contribution in [0.3, 0.4) is 0 Å². The maximum Gasteiger partial charge on any atom is 0.260 e. The zero-order valence-corrected chi connectivity index (χ0v) is 20.4. The molecule has 0 unspecified atom stereocenters. The van der Waals surface area contributed by atoms with Crippen molar-refractivity contribution in [3.8, 4) is 5.75 Å². The van der Waals surface area contributed by atoms with Crippen molar-refractivity contribution in [2.45, 2.75) is 13.3 Å². The van der Waals surface area contributed by atoms with Gasteiger partial charge in [-0.05, 0) is 41.8 Å². The maximum absolute atomic E-state index is 14.0. The monoisotopic (exact) mass is 475 g/mol. The first-order valence-electron chi connectivity index (χ1n) is 11.7. The van der Waals surface area contributed by atoms with Gasteiger partial charge in [0.2, 0.25) is 0 Å². The molecule has 0 N–H and O–H groups in total. The molecule has 3 aromatic carbocycles. The summed E-state index contributed by atoms with van der Waals surface area (Å²) in [6.45, 7) is 7.02. The fourth-order valence-corrected chi connectivity index (χ4v) is 5.57.